The zero-order valence-corrected chi connectivity index (χ0v) is 9.22. The van der Waals surface area contributed by atoms with Crippen LogP contribution in [0.1, 0.15) is 28.4 Å². The predicted molar refractivity (Wildman–Crippen MR) is 56.9 cm³/mol. The molecule has 0 atom stereocenters. The van der Waals surface area contributed by atoms with E-state index in [9.17, 15) is 4.79 Å². The molecule has 0 spiro atoms. The van der Waals surface area contributed by atoms with Crippen molar-refractivity contribution in [1.82, 2.24) is 0 Å². The van der Waals surface area contributed by atoms with E-state index in [1.807, 2.05) is 13.0 Å². The molecule has 1 aromatic carbocycles. The molecule has 0 unspecified atom stereocenters. The number of ketones is 1. The molecule has 0 aromatic heterocycles. The van der Waals surface area contributed by atoms with Crippen molar-refractivity contribution in [2.75, 3.05) is 13.7 Å². The number of carbonyl (C=O) groups excluding carboxylic acids is 1. The fraction of sp³-hybridized carbons (Fsp3) is 0.417. The Hall–Kier alpha value is -1.51. The predicted octanol–water partition coefficient (Wildman–Crippen LogP) is 2.14. The molecule has 0 aliphatic carbocycles. The van der Waals surface area contributed by atoms with Crippen LogP contribution in [-0.4, -0.2) is 19.5 Å². The highest BCUT2D eigenvalue weighted by Crippen LogP contribution is 2.37. The smallest absolute Gasteiger partial charge is 0.163 e. The van der Waals surface area contributed by atoms with Gasteiger partial charge >= 0.3 is 0 Å². The molecular formula is C12H14O3. The van der Waals surface area contributed by atoms with Gasteiger partial charge in [0.2, 0.25) is 0 Å². The zero-order chi connectivity index (χ0) is 11.0. The van der Waals surface area contributed by atoms with E-state index in [1.54, 1.807) is 14.0 Å². The summed E-state index contributed by atoms with van der Waals surface area (Å²) in [5.74, 6) is 1.56. The van der Waals surface area contributed by atoms with Crippen LogP contribution in [-0.2, 0) is 6.42 Å². The van der Waals surface area contributed by atoms with Gasteiger partial charge in [-0.3, -0.25) is 4.79 Å². The second kappa shape index (κ2) is 3.57. The van der Waals surface area contributed by atoms with Crippen molar-refractivity contribution in [2.45, 2.75) is 20.3 Å². The number of rotatable bonds is 2. The molecule has 3 heteroatoms. The van der Waals surface area contributed by atoms with Crippen molar-refractivity contribution in [3.63, 3.8) is 0 Å². The highest BCUT2D eigenvalue weighted by atomic mass is 16.5. The van der Waals surface area contributed by atoms with Crippen molar-refractivity contribution in [1.29, 1.82) is 0 Å². The van der Waals surface area contributed by atoms with Gasteiger partial charge in [0.1, 0.15) is 11.5 Å². The topological polar surface area (TPSA) is 35.5 Å². The molecular weight excluding hydrogens is 192 g/mol. The summed E-state index contributed by atoms with van der Waals surface area (Å²) in [7, 11) is 1.59. The molecule has 1 heterocycles. The van der Waals surface area contributed by atoms with E-state index >= 15 is 0 Å². The summed E-state index contributed by atoms with van der Waals surface area (Å²) in [5, 5.41) is 0. The number of carbonyl (C=O) groups is 1. The number of aryl methyl sites for hydroxylation is 1. The average Bonchev–Trinajstić information content (AvgIpc) is 2.62. The highest BCUT2D eigenvalue weighted by molar-refractivity contribution is 5.99. The third-order valence-corrected chi connectivity index (χ3v) is 2.70. The van der Waals surface area contributed by atoms with Gasteiger partial charge in [-0.05, 0) is 25.5 Å². The molecule has 0 amide bonds. The quantitative estimate of drug-likeness (QED) is 0.695. The first-order valence-electron chi connectivity index (χ1n) is 4.99. The summed E-state index contributed by atoms with van der Waals surface area (Å²) in [4.78, 5) is 11.6. The summed E-state index contributed by atoms with van der Waals surface area (Å²) >= 11 is 0. The lowest BCUT2D eigenvalue weighted by molar-refractivity contribution is 0.101. The van der Waals surface area contributed by atoms with Crippen LogP contribution in [0.5, 0.6) is 11.5 Å². The SMILES string of the molecule is COc1c(C)cc2c(c1C(C)=O)CCO2. The Bertz CT molecular complexity index is 418. The third kappa shape index (κ3) is 1.48. The molecule has 1 aliphatic rings. The number of hydrogen-bond donors (Lipinski definition) is 0. The van der Waals surface area contributed by atoms with E-state index in [-0.39, 0.29) is 5.78 Å². The molecule has 0 N–H and O–H groups in total. The van der Waals surface area contributed by atoms with Gasteiger partial charge in [0.15, 0.2) is 5.78 Å². The maximum atomic E-state index is 11.6. The van der Waals surface area contributed by atoms with Crippen molar-refractivity contribution in [3.05, 3.63) is 22.8 Å². The van der Waals surface area contributed by atoms with Gasteiger partial charge < -0.3 is 9.47 Å². The van der Waals surface area contributed by atoms with Crippen LogP contribution in [0.4, 0.5) is 0 Å². The first-order valence-corrected chi connectivity index (χ1v) is 4.99. The molecule has 0 saturated carbocycles. The Morgan fingerprint density at radius 2 is 2.27 bits per heavy atom. The van der Waals surface area contributed by atoms with Gasteiger partial charge in [0.25, 0.3) is 0 Å². The van der Waals surface area contributed by atoms with Crippen LogP contribution in [0.15, 0.2) is 6.07 Å². The Balaban J connectivity index is 2.71. The van der Waals surface area contributed by atoms with Gasteiger partial charge in [-0.25, -0.2) is 0 Å². The number of benzene rings is 1. The second-order valence-corrected chi connectivity index (χ2v) is 3.73. The number of Topliss-reactive ketones (excluding diaryl/α,β-unsaturated/α-hetero) is 1. The summed E-state index contributed by atoms with van der Waals surface area (Å²) in [6.45, 7) is 4.14. The molecule has 0 saturated heterocycles. The van der Waals surface area contributed by atoms with Gasteiger partial charge in [-0.15, -0.1) is 0 Å². The third-order valence-electron chi connectivity index (χ3n) is 2.70. The van der Waals surface area contributed by atoms with Crippen LogP contribution in [0, 0.1) is 6.92 Å². The summed E-state index contributed by atoms with van der Waals surface area (Å²) in [5.41, 5.74) is 2.62. The lowest BCUT2D eigenvalue weighted by Crippen LogP contribution is -2.03. The number of fused-ring (bicyclic) bond motifs is 1. The minimum atomic E-state index is 0.0392. The normalized spacial score (nSPS) is 13.3. The fourth-order valence-corrected chi connectivity index (χ4v) is 2.08. The molecule has 0 fully saturated rings. The van der Waals surface area contributed by atoms with Crippen LogP contribution < -0.4 is 9.47 Å². The fourth-order valence-electron chi connectivity index (χ4n) is 2.08. The van der Waals surface area contributed by atoms with E-state index in [0.29, 0.717) is 17.9 Å². The maximum Gasteiger partial charge on any atom is 0.163 e. The molecule has 80 valence electrons. The largest absolute Gasteiger partial charge is 0.496 e. The van der Waals surface area contributed by atoms with Crippen LogP contribution in [0.2, 0.25) is 0 Å². The van der Waals surface area contributed by atoms with E-state index in [0.717, 1.165) is 23.3 Å². The van der Waals surface area contributed by atoms with Crippen LogP contribution >= 0.6 is 0 Å². The highest BCUT2D eigenvalue weighted by Gasteiger charge is 2.24. The molecule has 1 aromatic rings. The first kappa shape index (κ1) is 10.0. The molecule has 1 aliphatic heterocycles. The van der Waals surface area contributed by atoms with Gasteiger partial charge in [-0.2, -0.15) is 0 Å². The second-order valence-electron chi connectivity index (χ2n) is 3.73. The Labute approximate surface area is 89.0 Å². The van der Waals surface area contributed by atoms with Crippen molar-refractivity contribution >= 4 is 5.78 Å². The van der Waals surface area contributed by atoms with E-state index in [4.69, 9.17) is 9.47 Å². The lowest BCUT2D eigenvalue weighted by Gasteiger charge is -2.12. The maximum absolute atomic E-state index is 11.6. The van der Waals surface area contributed by atoms with Crippen molar-refractivity contribution in [3.8, 4) is 11.5 Å². The molecule has 15 heavy (non-hydrogen) atoms. The van der Waals surface area contributed by atoms with E-state index in [1.165, 1.54) is 0 Å². The number of hydrogen-bond acceptors (Lipinski definition) is 3. The first-order chi connectivity index (χ1) is 7.15. The van der Waals surface area contributed by atoms with Gasteiger partial charge in [0.05, 0.1) is 19.3 Å². The minimum Gasteiger partial charge on any atom is -0.496 e. The molecule has 0 radical (unpaired) electrons. The number of methoxy groups -OCH3 is 1. The van der Waals surface area contributed by atoms with Crippen LogP contribution in [0.25, 0.3) is 0 Å². The number of ether oxygens (including phenoxy) is 2. The standard InChI is InChI=1S/C12H14O3/c1-7-6-10-9(4-5-15-10)11(8(2)13)12(7)14-3/h6H,4-5H2,1-3H3. The van der Waals surface area contributed by atoms with Crippen molar-refractivity contribution in [2.24, 2.45) is 0 Å². The Kier molecular flexibility index (Phi) is 2.39. The molecule has 0 bridgehead atoms. The summed E-state index contributed by atoms with van der Waals surface area (Å²) in [6.07, 6.45) is 0.793. The monoisotopic (exact) mass is 206 g/mol. The summed E-state index contributed by atoms with van der Waals surface area (Å²) < 4.78 is 10.7. The van der Waals surface area contributed by atoms with Gasteiger partial charge in [0, 0.05) is 12.0 Å². The Morgan fingerprint density at radius 1 is 1.53 bits per heavy atom. The molecule has 3 nitrogen and oxygen atoms in total. The van der Waals surface area contributed by atoms with E-state index in [2.05, 4.69) is 0 Å². The molecule has 2 rings (SSSR count). The zero-order valence-electron chi connectivity index (χ0n) is 9.22. The van der Waals surface area contributed by atoms with Crippen molar-refractivity contribution < 1.29 is 14.3 Å². The lowest BCUT2D eigenvalue weighted by atomic mass is 9.98. The van der Waals surface area contributed by atoms with E-state index < -0.39 is 0 Å². The minimum absolute atomic E-state index is 0.0392. The Morgan fingerprint density at radius 3 is 2.87 bits per heavy atom. The summed E-state index contributed by atoms with van der Waals surface area (Å²) in [6, 6.07) is 1.94. The average molecular weight is 206 g/mol. The van der Waals surface area contributed by atoms with Crippen LogP contribution in [0.3, 0.4) is 0 Å². The van der Waals surface area contributed by atoms with Gasteiger partial charge in [-0.1, -0.05) is 0 Å².